The first-order chi connectivity index (χ1) is 17.0. The van der Waals surface area contributed by atoms with Gasteiger partial charge in [-0.2, -0.15) is 13.2 Å². The van der Waals surface area contributed by atoms with Crippen molar-refractivity contribution in [3.63, 3.8) is 0 Å². The van der Waals surface area contributed by atoms with E-state index in [2.05, 4.69) is 4.72 Å². The Morgan fingerprint density at radius 3 is 2.44 bits per heavy atom. The molecule has 1 unspecified atom stereocenters. The van der Waals surface area contributed by atoms with Gasteiger partial charge in [-0.15, -0.1) is 0 Å². The Morgan fingerprint density at radius 1 is 1.15 bits per heavy atom. The number of rotatable bonds is 6. The zero-order chi connectivity index (χ0) is 27.4. The van der Waals surface area contributed by atoms with Gasteiger partial charge in [0, 0.05) is 33.8 Å². The average Bonchev–Trinajstić information content (AvgIpc) is 3.04. The second-order valence-electron chi connectivity index (χ2n) is 10.2. The SMILES string of the molecule is [2H]C([2H])([2H])C(NS(=O)(=O)C1CCC1)c1cn(CC(C)(C)C)c2cc(-c3ccccc3C(F)(F)F)ccc12. The van der Waals surface area contributed by atoms with Crippen LogP contribution in [0, 0.1) is 5.41 Å². The number of sulfonamides is 1. The number of halogens is 3. The fourth-order valence-corrected chi connectivity index (χ4v) is 5.95. The van der Waals surface area contributed by atoms with Crippen LogP contribution in [0.5, 0.6) is 0 Å². The molecule has 34 heavy (non-hydrogen) atoms. The predicted octanol–water partition coefficient (Wildman–Crippen LogP) is 6.91. The number of alkyl halides is 3. The van der Waals surface area contributed by atoms with Crippen LogP contribution in [0.1, 0.15) is 68.2 Å². The lowest BCUT2D eigenvalue weighted by Gasteiger charge is -2.27. The maximum absolute atomic E-state index is 13.7. The highest BCUT2D eigenvalue weighted by molar-refractivity contribution is 7.90. The van der Waals surface area contributed by atoms with E-state index in [0.29, 0.717) is 35.9 Å². The van der Waals surface area contributed by atoms with Crippen LogP contribution in [0.15, 0.2) is 48.7 Å². The van der Waals surface area contributed by atoms with Crippen molar-refractivity contribution in [3.8, 4) is 11.1 Å². The van der Waals surface area contributed by atoms with Crippen LogP contribution in [-0.4, -0.2) is 18.2 Å². The van der Waals surface area contributed by atoms with Crippen LogP contribution in [0.4, 0.5) is 13.2 Å². The molecule has 1 fully saturated rings. The van der Waals surface area contributed by atoms with Gasteiger partial charge >= 0.3 is 6.18 Å². The van der Waals surface area contributed by atoms with Crippen molar-refractivity contribution in [1.82, 2.24) is 9.29 Å². The van der Waals surface area contributed by atoms with E-state index in [1.807, 2.05) is 20.8 Å². The second kappa shape index (κ2) is 8.72. The first kappa shape index (κ1) is 21.0. The van der Waals surface area contributed by atoms with Gasteiger partial charge in [-0.25, -0.2) is 13.1 Å². The first-order valence-corrected chi connectivity index (χ1v) is 12.8. The Morgan fingerprint density at radius 2 is 1.85 bits per heavy atom. The van der Waals surface area contributed by atoms with Gasteiger partial charge in [0.05, 0.1) is 10.8 Å². The van der Waals surface area contributed by atoms with E-state index in [1.54, 1.807) is 22.9 Å². The molecule has 0 saturated heterocycles. The van der Waals surface area contributed by atoms with E-state index in [-0.39, 0.29) is 16.5 Å². The minimum Gasteiger partial charge on any atom is -0.347 e. The van der Waals surface area contributed by atoms with Crippen molar-refractivity contribution < 1.29 is 25.7 Å². The molecule has 1 aromatic heterocycles. The summed E-state index contributed by atoms with van der Waals surface area (Å²) in [7, 11) is -3.87. The average molecular weight is 496 g/mol. The Labute approximate surface area is 203 Å². The lowest BCUT2D eigenvalue weighted by atomic mass is 9.96. The number of nitrogens with one attached hydrogen (secondary N) is 1. The van der Waals surface area contributed by atoms with Crippen LogP contribution >= 0.6 is 0 Å². The second-order valence-corrected chi connectivity index (χ2v) is 12.2. The summed E-state index contributed by atoms with van der Waals surface area (Å²) in [5.41, 5.74) is 0.150. The molecule has 4 rings (SSSR count). The molecule has 0 aliphatic heterocycles. The number of hydrogen-bond donors (Lipinski definition) is 1. The number of hydrogen-bond acceptors (Lipinski definition) is 2. The molecule has 1 N–H and O–H groups in total. The minimum atomic E-state index is -4.55. The zero-order valence-electron chi connectivity index (χ0n) is 22.4. The lowest BCUT2D eigenvalue weighted by Crippen LogP contribution is -2.39. The van der Waals surface area contributed by atoms with Crippen LogP contribution in [-0.2, 0) is 22.7 Å². The molecule has 0 amide bonds. The molecule has 1 atom stereocenters. The molecule has 3 aromatic rings. The number of benzene rings is 2. The molecule has 0 bridgehead atoms. The first-order valence-electron chi connectivity index (χ1n) is 12.8. The van der Waals surface area contributed by atoms with Crippen LogP contribution in [0.3, 0.4) is 0 Å². The molecule has 0 spiro atoms. The smallest absolute Gasteiger partial charge is 0.347 e. The summed E-state index contributed by atoms with van der Waals surface area (Å²) in [6, 6.07) is 8.53. The number of fused-ring (bicyclic) bond motifs is 1. The summed E-state index contributed by atoms with van der Waals surface area (Å²) in [5, 5.41) is -0.138. The standard InChI is InChI=1S/C26H31F3N2O2S/c1-17(30-34(32,33)19-8-7-9-19)22-15-31(16-25(2,3)4)24-14-18(12-13-21(22)24)20-10-5-6-11-23(20)26(27,28)29/h5-6,10-15,17,19,30H,7-9,16H2,1-4H3/i1D3. The summed E-state index contributed by atoms with van der Waals surface area (Å²) in [6.45, 7) is 3.72. The zero-order valence-corrected chi connectivity index (χ0v) is 20.2. The Hall–Kier alpha value is -2.32. The third kappa shape index (κ3) is 5.03. The van der Waals surface area contributed by atoms with Crippen molar-refractivity contribution in [2.45, 2.75) is 70.9 Å². The third-order valence-electron chi connectivity index (χ3n) is 6.19. The monoisotopic (exact) mass is 495 g/mol. The molecule has 1 heterocycles. The highest BCUT2D eigenvalue weighted by Crippen LogP contribution is 2.39. The minimum absolute atomic E-state index is 0.0139. The maximum atomic E-state index is 13.7. The van der Waals surface area contributed by atoms with Crippen molar-refractivity contribution in [2.24, 2.45) is 5.41 Å². The van der Waals surface area contributed by atoms with Gasteiger partial charge in [-0.1, -0.05) is 57.5 Å². The Bertz CT molecular complexity index is 1400. The van der Waals surface area contributed by atoms with Gasteiger partial charge in [0.2, 0.25) is 10.0 Å². The summed E-state index contributed by atoms with van der Waals surface area (Å²) < 4.78 is 95.6. The van der Waals surface area contributed by atoms with E-state index in [9.17, 15) is 21.6 Å². The van der Waals surface area contributed by atoms with Crippen molar-refractivity contribution in [2.75, 3.05) is 0 Å². The van der Waals surface area contributed by atoms with Crippen molar-refractivity contribution in [3.05, 3.63) is 59.8 Å². The van der Waals surface area contributed by atoms with Crippen LogP contribution < -0.4 is 4.72 Å². The van der Waals surface area contributed by atoms with E-state index in [1.165, 1.54) is 24.3 Å². The van der Waals surface area contributed by atoms with Crippen LogP contribution in [0.25, 0.3) is 22.0 Å². The molecule has 0 radical (unpaired) electrons. The molecule has 2 aromatic carbocycles. The van der Waals surface area contributed by atoms with E-state index in [4.69, 9.17) is 4.11 Å². The number of nitrogens with zero attached hydrogens (tertiary/aromatic N) is 1. The van der Waals surface area contributed by atoms with E-state index < -0.39 is 39.9 Å². The molecule has 4 nitrogen and oxygen atoms in total. The highest BCUT2D eigenvalue weighted by atomic mass is 32.2. The summed E-state index contributed by atoms with van der Waals surface area (Å²) >= 11 is 0. The molecular weight excluding hydrogens is 461 g/mol. The fraction of sp³-hybridized carbons (Fsp3) is 0.462. The molecule has 1 aliphatic rings. The topological polar surface area (TPSA) is 51.1 Å². The Kier molecular flexibility index (Phi) is 5.38. The van der Waals surface area contributed by atoms with Gasteiger partial charge in [0.1, 0.15) is 0 Å². The summed E-state index contributed by atoms with van der Waals surface area (Å²) in [6.07, 6.45) is -1.18. The van der Waals surface area contributed by atoms with Gasteiger partial charge in [-0.3, -0.25) is 0 Å². The van der Waals surface area contributed by atoms with Gasteiger partial charge in [-0.05, 0) is 53.9 Å². The fourth-order valence-electron chi connectivity index (χ4n) is 4.35. The molecule has 1 aliphatic carbocycles. The van der Waals surface area contributed by atoms with E-state index in [0.717, 1.165) is 12.5 Å². The van der Waals surface area contributed by atoms with Crippen molar-refractivity contribution >= 4 is 20.9 Å². The molecule has 8 heteroatoms. The Balaban J connectivity index is 1.90. The highest BCUT2D eigenvalue weighted by Gasteiger charge is 2.34. The van der Waals surface area contributed by atoms with Gasteiger partial charge < -0.3 is 4.57 Å². The summed E-state index contributed by atoms with van der Waals surface area (Å²) in [5.74, 6) is 0. The van der Waals surface area contributed by atoms with E-state index >= 15 is 0 Å². The van der Waals surface area contributed by atoms with Gasteiger partial charge in [0.15, 0.2) is 0 Å². The largest absolute Gasteiger partial charge is 0.417 e. The normalized spacial score (nSPS) is 18.2. The third-order valence-corrected chi connectivity index (χ3v) is 8.10. The predicted molar refractivity (Wildman–Crippen MR) is 130 cm³/mol. The number of aromatic nitrogens is 1. The van der Waals surface area contributed by atoms with Crippen molar-refractivity contribution in [1.29, 1.82) is 0 Å². The lowest BCUT2D eigenvalue weighted by molar-refractivity contribution is -0.137. The summed E-state index contributed by atoms with van der Waals surface area (Å²) in [4.78, 5) is 0. The maximum Gasteiger partial charge on any atom is 0.417 e. The molecule has 184 valence electrons. The van der Waals surface area contributed by atoms with Crippen LogP contribution in [0.2, 0.25) is 0 Å². The quantitative estimate of drug-likeness (QED) is 0.404. The van der Waals surface area contributed by atoms with Gasteiger partial charge in [0.25, 0.3) is 0 Å². The molecule has 1 saturated carbocycles. The molecular formula is C26H31F3N2O2S.